The molecule has 1 aliphatic rings. The van der Waals surface area contributed by atoms with Crippen molar-refractivity contribution in [1.29, 1.82) is 0 Å². The Morgan fingerprint density at radius 3 is 2.29 bits per heavy atom. The first-order valence-corrected chi connectivity index (χ1v) is 8.89. The van der Waals surface area contributed by atoms with Crippen molar-refractivity contribution in [3.63, 3.8) is 0 Å². The number of benzene rings is 3. The number of anilines is 1. The average molecular weight is 370 g/mol. The Balaban J connectivity index is 1.83. The van der Waals surface area contributed by atoms with Crippen LogP contribution in [0.1, 0.15) is 27.4 Å². The lowest BCUT2D eigenvalue weighted by Gasteiger charge is -2.14. The molecule has 1 aliphatic heterocycles. The van der Waals surface area contributed by atoms with Crippen LogP contribution in [0.3, 0.4) is 0 Å². The smallest absolute Gasteiger partial charge is 0.337 e. The van der Waals surface area contributed by atoms with Crippen LogP contribution in [0.15, 0.2) is 83.9 Å². The number of carbonyl (C=O) groups excluding carboxylic acids is 2. The number of aliphatic imine (C=N–C) groups is 1. The highest BCUT2D eigenvalue weighted by molar-refractivity contribution is 6.24. The number of rotatable bonds is 4. The Hall–Kier alpha value is -3.73. The topological polar surface area (TPSA) is 67.8 Å². The number of amides is 1. The van der Waals surface area contributed by atoms with E-state index < -0.39 is 11.9 Å². The summed E-state index contributed by atoms with van der Waals surface area (Å²) >= 11 is 0. The van der Waals surface area contributed by atoms with E-state index in [-0.39, 0.29) is 5.91 Å². The van der Waals surface area contributed by atoms with Gasteiger partial charge >= 0.3 is 5.97 Å². The molecule has 5 heteroatoms. The van der Waals surface area contributed by atoms with Gasteiger partial charge < -0.3 is 10.1 Å². The van der Waals surface area contributed by atoms with Gasteiger partial charge in [-0.15, -0.1) is 0 Å². The van der Waals surface area contributed by atoms with Crippen LogP contribution in [-0.2, 0) is 9.53 Å². The first kappa shape index (κ1) is 17.7. The van der Waals surface area contributed by atoms with E-state index in [1.54, 1.807) is 18.2 Å². The van der Waals surface area contributed by atoms with Crippen molar-refractivity contribution in [2.75, 3.05) is 12.4 Å². The summed E-state index contributed by atoms with van der Waals surface area (Å²) in [6, 6.07) is 24.3. The Bertz CT molecular complexity index is 1060. The average Bonchev–Trinajstić information content (AvgIpc) is 3.07. The maximum absolute atomic E-state index is 12.9. The minimum atomic E-state index is -0.565. The van der Waals surface area contributed by atoms with Crippen LogP contribution in [0.25, 0.3) is 0 Å². The van der Waals surface area contributed by atoms with Crippen molar-refractivity contribution in [3.05, 3.63) is 95.6 Å². The van der Waals surface area contributed by atoms with Crippen molar-refractivity contribution >= 4 is 29.0 Å². The van der Waals surface area contributed by atoms with Crippen LogP contribution in [0, 0.1) is 0 Å². The molecule has 5 nitrogen and oxygen atoms in total. The van der Waals surface area contributed by atoms with Crippen molar-refractivity contribution < 1.29 is 14.3 Å². The Kier molecular flexibility index (Phi) is 4.72. The predicted molar refractivity (Wildman–Crippen MR) is 108 cm³/mol. The number of nitrogens with zero attached hydrogens (tertiary/aromatic N) is 1. The lowest BCUT2D eigenvalue weighted by atomic mass is 9.90. The zero-order chi connectivity index (χ0) is 19.5. The van der Waals surface area contributed by atoms with E-state index in [2.05, 4.69) is 5.32 Å². The summed E-state index contributed by atoms with van der Waals surface area (Å²) in [5, 5.41) is 2.88. The molecule has 3 aromatic carbocycles. The molecule has 4 rings (SSSR count). The maximum Gasteiger partial charge on any atom is 0.337 e. The summed E-state index contributed by atoms with van der Waals surface area (Å²) in [4.78, 5) is 29.5. The quantitative estimate of drug-likeness (QED) is 0.549. The lowest BCUT2D eigenvalue weighted by molar-refractivity contribution is -0.115. The van der Waals surface area contributed by atoms with Gasteiger partial charge in [0, 0.05) is 5.69 Å². The second kappa shape index (κ2) is 7.48. The van der Waals surface area contributed by atoms with Gasteiger partial charge in [-0.05, 0) is 35.4 Å². The van der Waals surface area contributed by atoms with E-state index in [0.717, 1.165) is 16.8 Å². The van der Waals surface area contributed by atoms with Gasteiger partial charge in [-0.1, -0.05) is 54.6 Å². The number of fused-ring (bicyclic) bond motifs is 1. The van der Waals surface area contributed by atoms with Gasteiger partial charge in [-0.25, -0.2) is 4.79 Å². The van der Waals surface area contributed by atoms with E-state index in [1.165, 1.54) is 7.11 Å². The van der Waals surface area contributed by atoms with Gasteiger partial charge in [0.25, 0.3) is 0 Å². The zero-order valence-electron chi connectivity index (χ0n) is 15.3. The summed E-state index contributed by atoms with van der Waals surface area (Å²) < 4.78 is 4.77. The van der Waals surface area contributed by atoms with Crippen LogP contribution in [0.2, 0.25) is 0 Å². The summed E-state index contributed by atoms with van der Waals surface area (Å²) in [5.41, 5.74) is 4.09. The Morgan fingerprint density at radius 2 is 1.61 bits per heavy atom. The molecule has 0 bridgehead atoms. The van der Waals surface area contributed by atoms with Gasteiger partial charge in [-0.3, -0.25) is 9.79 Å². The molecule has 0 saturated carbocycles. The molecular formula is C23H18N2O3. The van der Waals surface area contributed by atoms with Crippen LogP contribution in [0.5, 0.6) is 0 Å². The van der Waals surface area contributed by atoms with Crippen LogP contribution >= 0.6 is 0 Å². The van der Waals surface area contributed by atoms with Crippen molar-refractivity contribution in [3.8, 4) is 0 Å². The Morgan fingerprint density at radius 1 is 0.929 bits per heavy atom. The van der Waals surface area contributed by atoms with Crippen molar-refractivity contribution in [2.45, 2.75) is 5.92 Å². The molecule has 1 N–H and O–H groups in total. The van der Waals surface area contributed by atoms with Crippen LogP contribution in [0.4, 0.5) is 11.4 Å². The zero-order valence-corrected chi connectivity index (χ0v) is 15.3. The van der Waals surface area contributed by atoms with Crippen molar-refractivity contribution in [2.24, 2.45) is 4.99 Å². The monoisotopic (exact) mass is 370 g/mol. The highest BCUT2D eigenvalue weighted by Crippen LogP contribution is 2.37. The third-order valence-electron chi connectivity index (χ3n) is 4.65. The summed E-state index contributed by atoms with van der Waals surface area (Å²) in [6.07, 6.45) is 0. The normalized spacial score (nSPS) is 15.7. The molecule has 1 heterocycles. The summed E-state index contributed by atoms with van der Waals surface area (Å²) in [7, 11) is 1.33. The van der Waals surface area contributed by atoms with Crippen LogP contribution < -0.4 is 5.32 Å². The number of ether oxygens (including phenoxy) is 1. The van der Waals surface area contributed by atoms with Gasteiger partial charge in [0.15, 0.2) is 0 Å². The van der Waals surface area contributed by atoms with E-state index in [0.29, 0.717) is 17.0 Å². The fourth-order valence-electron chi connectivity index (χ4n) is 3.32. The molecule has 0 aromatic heterocycles. The molecule has 0 fully saturated rings. The number of esters is 1. The molecule has 0 spiro atoms. The van der Waals surface area contributed by atoms with E-state index >= 15 is 0 Å². The molecule has 1 amide bonds. The third kappa shape index (κ3) is 3.30. The molecule has 0 aliphatic carbocycles. The third-order valence-corrected chi connectivity index (χ3v) is 4.65. The first-order chi connectivity index (χ1) is 13.7. The number of para-hydroxylation sites is 1. The summed E-state index contributed by atoms with van der Waals surface area (Å²) in [6.45, 7) is 0. The van der Waals surface area contributed by atoms with Crippen molar-refractivity contribution in [1.82, 2.24) is 0 Å². The maximum atomic E-state index is 12.9. The molecule has 0 radical (unpaired) electrons. The summed E-state index contributed by atoms with van der Waals surface area (Å²) in [5.74, 6) is -1.18. The van der Waals surface area contributed by atoms with Crippen LogP contribution in [-0.4, -0.2) is 24.7 Å². The fourth-order valence-corrected chi connectivity index (χ4v) is 3.32. The van der Waals surface area contributed by atoms with E-state index in [4.69, 9.17) is 9.73 Å². The number of nitrogens with one attached hydrogen (secondary N) is 1. The molecule has 138 valence electrons. The van der Waals surface area contributed by atoms with Gasteiger partial charge in [0.2, 0.25) is 5.91 Å². The van der Waals surface area contributed by atoms with E-state index in [9.17, 15) is 9.59 Å². The van der Waals surface area contributed by atoms with E-state index in [1.807, 2.05) is 60.7 Å². The Labute approximate surface area is 162 Å². The minimum absolute atomic E-state index is 0.171. The minimum Gasteiger partial charge on any atom is -0.465 e. The number of carbonyl (C=O) groups is 2. The molecular weight excluding hydrogens is 352 g/mol. The first-order valence-electron chi connectivity index (χ1n) is 8.89. The molecule has 1 unspecified atom stereocenters. The number of hydrogen-bond donors (Lipinski definition) is 1. The SMILES string of the molecule is COC(=O)c1ccc2c(c1)NC(=O)C2C(=Nc1ccccc1)c1ccccc1. The van der Waals surface area contributed by atoms with Gasteiger partial charge in [-0.2, -0.15) is 0 Å². The largest absolute Gasteiger partial charge is 0.465 e. The predicted octanol–water partition coefficient (Wildman–Crippen LogP) is 4.33. The molecule has 3 aromatic rings. The fraction of sp³-hybridized carbons (Fsp3) is 0.0870. The van der Waals surface area contributed by atoms with Gasteiger partial charge in [0.1, 0.15) is 5.92 Å². The number of methoxy groups -OCH3 is 1. The van der Waals surface area contributed by atoms with Gasteiger partial charge in [0.05, 0.1) is 24.1 Å². The number of hydrogen-bond acceptors (Lipinski definition) is 4. The molecule has 28 heavy (non-hydrogen) atoms. The second-order valence-electron chi connectivity index (χ2n) is 6.41. The molecule has 1 atom stereocenters. The highest BCUT2D eigenvalue weighted by atomic mass is 16.5. The highest BCUT2D eigenvalue weighted by Gasteiger charge is 2.35. The standard InChI is InChI=1S/C23H18N2O3/c1-28-23(27)16-12-13-18-19(14-16)25-22(26)20(18)21(15-8-4-2-5-9-15)24-17-10-6-3-7-11-17/h2-14,20H,1H3,(H,25,26). The molecule has 0 saturated heterocycles. The second-order valence-corrected chi connectivity index (χ2v) is 6.41. The lowest BCUT2D eigenvalue weighted by Crippen LogP contribution is -2.21.